The van der Waals surface area contributed by atoms with Crippen LogP contribution in [0.4, 0.5) is 5.69 Å². The van der Waals surface area contributed by atoms with Gasteiger partial charge in [-0.1, -0.05) is 0 Å². The number of aromatic nitrogens is 4. The lowest BCUT2D eigenvalue weighted by Crippen LogP contribution is -2.47. The van der Waals surface area contributed by atoms with E-state index in [1.165, 1.54) is 22.6 Å². The second kappa shape index (κ2) is 7.05. The molecule has 1 atom stereocenters. The van der Waals surface area contributed by atoms with Gasteiger partial charge in [-0.2, -0.15) is 5.10 Å². The molecule has 30 heavy (non-hydrogen) atoms. The normalized spacial score (nSPS) is 21.8. The van der Waals surface area contributed by atoms with E-state index in [-0.39, 0.29) is 5.92 Å². The fourth-order valence-corrected chi connectivity index (χ4v) is 5.08. The summed E-state index contributed by atoms with van der Waals surface area (Å²) in [4.78, 5) is 13.1. The molecule has 3 aromatic rings. The first kappa shape index (κ1) is 17.8. The molecule has 0 saturated carbocycles. The van der Waals surface area contributed by atoms with Crippen molar-refractivity contribution >= 4 is 5.69 Å². The standard InChI is InChI=1S/C22H26N6O2/c1-26-10-15(9-25-26)18-11-28(12-19-22(18)24-13-23-19)16-4-6-27(7-5-16)17-2-3-20-21(8-17)30-14-29-20/h2-3,8-10,13,16,18H,4-7,11-12,14H2,1H3,(H,23,24). The molecule has 8 nitrogen and oxygen atoms in total. The van der Waals surface area contributed by atoms with E-state index in [4.69, 9.17) is 9.47 Å². The van der Waals surface area contributed by atoms with Crippen LogP contribution in [0, 0.1) is 0 Å². The molecule has 0 aliphatic carbocycles. The smallest absolute Gasteiger partial charge is 0.231 e. The van der Waals surface area contributed by atoms with Crippen LogP contribution in [0.15, 0.2) is 36.9 Å². The monoisotopic (exact) mass is 406 g/mol. The minimum atomic E-state index is 0.278. The van der Waals surface area contributed by atoms with Crippen LogP contribution >= 0.6 is 0 Å². The number of nitrogens with one attached hydrogen (secondary N) is 1. The van der Waals surface area contributed by atoms with Crippen LogP contribution in [0.25, 0.3) is 0 Å². The highest BCUT2D eigenvalue weighted by Gasteiger charge is 2.34. The Labute approximate surface area is 175 Å². The molecular formula is C22H26N6O2. The molecule has 2 aromatic heterocycles. The predicted octanol–water partition coefficient (Wildman–Crippen LogP) is 2.49. The third-order valence-corrected chi connectivity index (χ3v) is 6.69. The maximum atomic E-state index is 5.55. The largest absolute Gasteiger partial charge is 0.454 e. The Morgan fingerprint density at radius 2 is 2.00 bits per heavy atom. The van der Waals surface area contributed by atoms with Crippen molar-refractivity contribution < 1.29 is 9.47 Å². The first-order chi connectivity index (χ1) is 14.7. The van der Waals surface area contributed by atoms with Crippen LogP contribution in [0.5, 0.6) is 11.5 Å². The molecular weight excluding hydrogens is 380 g/mol. The highest BCUT2D eigenvalue weighted by atomic mass is 16.7. The van der Waals surface area contributed by atoms with Crippen LogP contribution in [0.1, 0.15) is 35.7 Å². The van der Waals surface area contributed by atoms with E-state index in [1.807, 2.05) is 30.3 Å². The van der Waals surface area contributed by atoms with Gasteiger partial charge in [-0.05, 0) is 25.0 Å². The molecule has 0 bridgehead atoms. The van der Waals surface area contributed by atoms with E-state index < -0.39 is 0 Å². The van der Waals surface area contributed by atoms with Gasteiger partial charge in [0.2, 0.25) is 6.79 Å². The SMILES string of the molecule is Cn1cc(C2CN(C3CCN(c4ccc5c(c4)OCO5)CC3)Cc3[nH]cnc32)cn1. The summed E-state index contributed by atoms with van der Waals surface area (Å²) in [5.41, 5.74) is 4.89. The van der Waals surface area contributed by atoms with Gasteiger partial charge in [-0.3, -0.25) is 9.58 Å². The number of aromatic amines is 1. The zero-order chi connectivity index (χ0) is 20.1. The predicted molar refractivity (Wildman–Crippen MR) is 112 cm³/mol. The summed E-state index contributed by atoms with van der Waals surface area (Å²) in [5.74, 6) is 1.98. The fraction of sp³-hybridized carbons (Fsp3) is 0.455. The van der Waals surface area contributed by atoms with Gasteiger partial charge in [-0.25, -0.2) is 4.98 Å². The lowest BCUT2D eigenvalue weighted by atomic mass is 9.90. The molecule has 6 rings (SSSR count). The van der Waals surface area contributed by atoms with Crippen molar-refractivity contribution in [3.05, 3.63) is 53.9 Å². The summed E-state index contributed by atoms with van der Waals surface area (Å²) < 4.78 is 12.9. The third kappa shape index (κ3) is 3.02. The highest BCUT2D eigenvalue weighted by Crippen LogP contribution is 2.37. The van der Waals surface area contributed by atoms with Gasteiger partial charge in [-0.15, -0.1) is 0 Å². The molecule has 1 N–H and O–H groups in total. The number of nitrogens with zero attached hydrogens (tertiary/aromatic N) is 5. The van der Waals surface area contributed by atoms with Gasteiger partial charge in [0.1, 0.15) is 0 Å². The number of hydrogen-bond donors (Lipinski definition) is 1. The minimum Gasteiger partial charge on any atom is -0.454 e. The first-order valence-electron chi connectivity index (χ1n) is 10.6. The van der Waals surface area contributed by atoms with Crippen LogP contribution in [-0.2, 0) is 13.6 Å². The van der Waals surface area contributed by atoms with Gasteiger partial charge in [0.15, 0.2) is 11.5 Å². The molecule has 8 heteroatoms. The summed E-state index contributed by atoms with van der Waals surface area (Å²) in [6, 6.07) is 6.85. The van der Waals surface area contributed by atoms with Gasteiger partial charge in [0, 0.05) is 68.7 Å². The molecule has 3 aliphatic rings. The van der Waals surface area contributed by atoms with E-state index in [0.29, 0.717) is 12.8 Å². The summed E-state index contributed by atoms with van der Waals surface area (Å²) in [6.07, 6.45) is 8.23. The van der Waals surface area contributed by atoms with Gasteiger partial charge in [0.25, 0.3) is 0 Å². The number of H-pyrrole nitrogens is 1. The Morgan fingerprint density at radius 3 is 2.83 bits per heavy atom. The Hall–Kier alpha value is -3.00. The van der Waals surface area contributed by atoms with E-state index in [0.717, 1.165) is 50.5 Å². The third-order valence-electron chi connectivity index (χ3n) is 6.69. The van der Waals surface area contributed by atoms with Crippen LogP contribution in [0.3, 0.4) is 0 Å². The van der Waals surface area contributed by atoms with Crippen molar-refractivity contribution in [1.29, 1.82) is 0 Å². The Morgan fingerprint density at radius 1 is 1.13 bits per heavy atom. The molecule has 0 radical (unpaired) electrons. The average molecular weight is 406 g/mol. The number of piperidine rings is 1. The van der Waals surface area contributed by atoms with Crippen molar-refractivity contribution in [2.75, 3.05) is 31.3 Å². The number of imidazole rings is 1. The second-order valence-electron chi connectivity index (χ2n) is 8.45. The first-order valence-corrected chi connectivity index (χ1v) is 10.6. The summed E-state index contributed by atoms with van der Waals surface area (Å²) in [6.45, 7) is 4.37. The topological polar surface area (TPSA) is 71.4 Å². The Bertz CT molecular complexity index is 1050. The van der Waals surface area contributed by atoms with Crippen LogP contribution in [-0.4, -0.2) is 57.1 Å². The number of fused-ring (bicyclic) bond motifs is 2. The van der Waals surface area contributed by atoms with Crippen molar-refractivity contribution in [3.63, 3.8) is 0 Å². The zero-order valence-electron chi connectivity index (χ0n) is 17.1. The van der Waals surface area contributed by atoms with Crippen LogP contribution in [0.2, 0.25) is 0 Å². The lowest BCUT2D eigenvalue weighted by molar-refractivity contribution is 0.142. The fourth-order valence-electron chi connectivity index (χ4n) is 5.08. The number of anilines is 1. The molecule has 0 spiro atoms. The Kier molecular flexibility index (Phi) is 4.19. The second-order valence-corrected chi connectivity index (χ2v) is 8.45. The summed E-state index contributed by atoms with van der Waals surface area (Å²) >= 11 is 0. The number of hydrogen-bond acceptors (Lipinski definition) is 6. The lowest BCUT2D eigenvalue weighted by Gasteiger charge is -2.42. The maximum absolute atomic E-state index is 5.55. The van der Waals surface area contributed by atoms with Crippen LogP contribution < -0.4 is 14.4 Å². The molecule has 156 valence electrons. The average Bonchev–Trinajstić information content (AvgIpc) is 3.53. The molecule has 3 aliphatic heterocycles. The quantitative estimate of drug-likeness (QED) is 0.721. The Balaban J connectivity index is 1.17. The van der Waals surface area contributed by atoms with Gasteiger partial charge < -0.3 is 19.4 Å². The molecule has 1 saturated heterocycles. The molecule has 5 heterocycles. The van der Waals surface area contributed by atoms with Crippen molar-refractivity contribution in [2.24, 2.45) is 7.05 Å². The van der Waals surface area contributed by atoms with Gasteiger partial charge in [0.05, 0.1) is 23.9 Å². The van der Waals surface area contributed by atoms with E-state index >= 15 is 0 Å². The molecule has 1 fully saturated rings. The van der Waals surface area contributed by atoms with Crippen molar-refractivity contribution in [1.82, 2.24) is 24.6 Å². The molecule has 1 aromatic carbocycles. The minimum absolute atomic E-state index is 0.278. The van der Waals surface area contributed by atoms with E-state index in [9.17, 15) is 0 Å². The highest BCUT2D eigenvalue weighted by molar-refractivity contribution is 5.57. The summed E-state index contributed by atoms with van der Waals surface area (Å²) in [7, 11) is 1.97. The number of benzene rings is 1. The van der Waals surface area contributed by atoms with Crippen molar-refractivity contribution in [2.45, 2.75) is 31.3 Å². The summed E-state index contributed by atoms with van der Waals surface area (Å²) in [5, 5.41) is 4.39. The van der Waals surface area contributed by atoms with Gasteiger partial charge >= 0.3 is 0 Å². The number of aryl methyl sites for hydroxylation is 1. The maximum Gasteiger partial charge on any atom is 0.231 e. The van der Waals surface area contributed by atoms with Crippen molar-refractivity contribution in [3.8, 4) is 11.5 Å². The zero-order valence-corrected chi connectivity index (χ0v) is 17.1. The van der Waals surface area contributed by atoms with E-state index in [2.05, 4.69) is 43.2 Å². The molecule has 1 unspecified atom stereocenters. The molecule has 0 amide bonds. The number of ether oxygens (including phenoxy) is 2. The van der Waals surface area contributed by atoms with E-state index in [1.54, 1.807) is 0 Å². The number of rotatable bonds is 3.